The fourth-order valence-electron chi connectivity index (χ4n) is 4.46. The lowest BCUT2D eigenvalue weighted by molar-refractivity contribution is -0.155. The third kappa shape index (κ3) is 6.89. The summed E-state index contributed by atoms with van der Waals surface area (Å²) in [6.07, 6.45) is 5.76. The Morgan fingerprint density at radius 1 is 1.29 bits per heavy atom. The van der Waals surface area contributed by atoms with Crippen molar-refractivity contribution < 1.29 is 23.8 Å². The number of amidine groups is 1. The zero-order valence-corrected chi connectivity index (χ0v) is 20.0. The van der Waals surface area contributed by atoms with Crippen LogP contribution in [0.5, 0.6) is 0 Å². The molecular formula is C24H37N5O5. The molecule has 3 unspecified atom stereocenters. The molecule has 10 nitrogen and oxygen atoms in total. The molecule has 0 bridgehead atoms. The van der Waals surface area contributed by atoms with Crippen LogP contribution in [0.15, 0.2) is 17.1 Å². The lowest BCUT2D eigenvalue weighted by Crippen LogP contribution is -2.39. The van der Waals surface area contributed by atoms with E-state index in [0.29, 0.717) is 30.1 Å². The monoisotopic (exact) mass is 475 g/mol. The summed E-state index contributed by atoms with van der Waals surface area (Å²) in [6.45, 7) is 3.80. The standard InChI is InChI=1S/C24H37N5O5/c1-14(2)21(26)24(31)34-19-11-16(12-32-20(30)10-15-6-4-3-5-7-15)33-22(19)17-8-9-18(29-17)23(27)28-13-25/h8-9,13-16,19,21-22,29H,3-7,10-12,26H2,1-2H3,(H3,25,27,28)/t16?,19-,21?,22?/m1/s1. The molecular weight excluding hydrogens is 438 g/mol. The van der Waals surface area contributed by atoms with Crippen molar-refractivity contribution in [3.8, 4) is 0 Å². The van der Waals surface area contributed by atoms with Crippen molar-refractivity contribution in [2.24, 2.45) is 28.3 Å². The van der Waals surface area contributed by atoms with Gasteiger partial charge in [0.05, 0.1) is 11.8 Å². The Morgan fingerprint density at radius 3 is 2.71 bits per heavy atom. The number of hydrogen-bond acceptors (Lipinski definition) is 7. The molecule has 0 amide bonds. The van der Waals surface area contributed by atoms with Gasteiger partial charge in [0.25, 0.3) is 0 Å². The Hall–Kier alpha value is -2.72. The number of rotatable bonds is 10. The highest BCUT2D eigenvalue weighted by Gasteiger charge is 2.41. The number of aromatic amines is 1. The lowest BCUT2D eigenvalue weighted by atomic mass is 9.87. The first-order valence-electron chi connectivity index (χ1n) is 12.1. The first-order valence-corrected chi connectivity index (χ1v) is 12.1. The first kappa shape index (κ1) is 25.9. The van der Waals surface area contributed by atoms with Crippen molar-refractivity contribution in [3.05, 3.63) is 23.5 Å². The summed E-state index contributed by atoms with van der Waals surface area (Å²) in [7, 11) is 0. The third-order valence-corrected chi connectivity index (χ3v) is 6.53. The molecule has 2 aliphatic rings. The summed E-state index contributed by atoms with van der Waals surface area (Å²) in [6, 6.07) is 2.74. The minimum atomic E-state index is -0.748. The zero-order chi connectivity index (χ0) is 24.7. The number of hydrogen-bond donors (Lipinski definition) is 4. The van der Waals surface area contributed by atoms with Crippen LogP contribution >= 0.6 is 0 Å². The summed E-state index contributed by atoms with van der Waals surface area (Å²) >= 11 is 0. The van der Waals surface area contributed by atoms with E-state index < -0.39 is 30.3 Å². The lowest BCUT2D eigenvalue weighted by Gasteiger charge is -2.21. The fraction of sp³-hybridized carbons (Fsp3) is 0.667. The molecule has 1 saturated heterocycles. The average molecular weight is 476 g/mol. The Labute approximate surface area is 200 Å². The molecule has 2 fully saturated rings. The van der Waals surface area contributed by atoms with E-state index in [9.17, 15) is 9.59 Å². The molecule has 1 aromatic heterocycles. The number of carbonyl (C=O) groups is 2. The van der Waals surface area contributed by atoms with Gasteiger partial charge in [0, 0.05) is 18.5 Å². The van der Waals surface area contributed by atoms with Crippen LogP contribution in [0.4, 0.5) is 0 Å². The van der Waals surface area contributed by atoms with Gasteiger partial charge < -0.3 is 30.7 Å². The molecule has 3 rings (SSSR count). The number of nitrogens with one attached hydrogen (secondary N) is 2. The number of aliphatic imine (C=N–C) groups is 1. The van der Waals surface area contributed by atoms with Gasteiger partial charge in [0.2, 0.25) is 0 Å². The summed E-state index contributed by atoms with van der Waals surface area (Å²) in [5.74, 6) is -0.232. The third-order valence-electron chi connectivity index (χ3n) is 6.53. The van der Waals surface area contributed by atoms with E-state index in [2.05, 4.69) is 9.98 Å². The van der Waals surface area contributed by atoms with E-state index in [0.717, 1.165) is 19.2 Å². The maximum Gasteiger partial charge on any atom is 0.323 e. The summed E-state index contributed by atoms with van der Waals surface area (Å²) in [4.78, 5) is 31.8. The van der Waals surface area contributed by atoms with E-state index >= 15 is 0 Å². The number of nitrogens with two attached hydrogens (primary N) is 2. The molecule has 34 heavy (non-hydrogen) atoms. The van der Waals surface area contributed by atoms with Gasteiger partial charge in [-0.15, -0.1) is 0 Å². The highest BCUT2D eigenvalue weighted by atomic mass is 16.6. The van der Waals surface area contributed by atoms with Crippen LogP contribution in [0.1, 0.15) is 76.3 Å². The van der Waals surface area contributed by atoms with E-state index in [1.165, 1.54) is 19.3 Å². The predicted molar refractivity (Wildman–Crippen MR) is 127 cm³/mol. The van der Waals surface area contributed by atoms with Crippen molar-refractivity contribution in [3.63, 3.8) is 0 Å². The van der Waals surface area contributed by atoms with Gasteiger partial charge in [0.15, 0.2) is 0 Å². The van der Waals surface area contributed by atoms with Crippen molar-refractivity contribution in [1.82, 2.24) is 4.98 Å². The molecule has 188 valence electrons. The van der Waals surface area contributed by atoms with E-state index in [1.807, 2.05) is 13.8 Å². The number of esters is 2. The molecule has 1 aliphatic heterocycles. The summed E-state index contributed by atoms with van der Waals surface area (Å²) in [5.41, 5.74) is 13.0. The van der Waals surface area contributed by atoms with Crippen LogP contribution in [0.2, 0.25) is 0 Å². The topological polar surface area (TPSA) is 166 Å². The second-order valence-electron chi connectivity index (χ2n) is 9.52. The van der Waals surface area contributed by atoms with Gasteiger partial charge in [0.1, 0.15) is 37.0 Å². The van der Waals surface area contributed by atoms with Crippen LogP contribution in [0, 0.1) is 17.2 Å². The van der Waals surface area contributed by atoms with Gasteiger partial charge in [-0.2, -0.15) is 0 Å². The van der Waals surface area contributed by atoms with E-state index in [4.69, 9.17) is 31.1 Å². The molecule has 0 radical (unpaired) electrons. The molecule has 0 spiro atoms. The predicted octanol–water partition coefficient (Wildman–Crippen LogP) is 2.57. The first-order chi connectivity index (χ1) is 16.3. The molecule has 0 aromatic carbocycles. The molecule has 10 heteroatoms. The minimum Gasteiger partial charge on any atom is -0.463 e. The van der Waals surface area contributed by atoms with Gasteiger partial charge in [-0.1, -0.05) is 33.1 Å². The molecule has 1 aromatic rings. The summed E-state index contributed by atoms with van der Waals surface area (Å²) in [5, 5.41) is 7.09. The van der Waals surface area contributed by atoms with E-state index in [1.54, 1.807) is 12.1 Å². The molecule has 6 N–H and O–H groups in total. The quantitative estimate of drug-likeness (QED) is 0.229. The van der Waals surface area contributed by atoms with Crippen molar-refractivity contribution in [2.75, 3.05) is 6.61 Å². The number of aromatic nitrogens is 1. The van der Waals surface area contributed by atoms with Gasteiger partial charge in [-0.3, -0.25) is 15.0 Å². The number of nitrogens with zero attached hydrogens (tertiary/aromatic N) is 1. The molecule has 1 saturated carbocycles. The van der Waals surface area contributed by atoms with Crippen molar-refractivity contribution >= 4 is 24.1 Å². The highest BCUT2D eigenvalue weighted by Crippen LogP contribution is 2.36. The average Bonchev–Trinajstić information content (AvgIpc) is 3.45. The zero-order valence-electron chi connectivity index (χ0n) is 20.0. The second kappa shape index (κ2) is 12.1. The fourth-order valence-corrected chi connectivity index (χ4v) is 4.46. The van der Waals surface area contributed by atoms with Crippen LogP contribution in [0.25, 0.3) is 0 Å². The van der Waals surface area contributed by atoms with Gasteiger partial charge in [-0.05, 0) is 36.8 Å². The number of ether oxygens (including phenoxy) is 3. The summed E-state index contributed by atoms with van der Waals surface area (Å²) < 4.78 is 17.4. The Kier molecular flexibility index (Phi) is 9.23. The molecule has 4 atom stereocenters. The Morgan fingerprint density at radius 2 is 2.03 bits per heavy atom. The number of carbonyl (C=O) groups excluding carboxylic acids is 2. The minimum absolute atomic E-state index is 0.0703. The Balaban J connectivity index is 1.65. The Bertz CT molecular complexity index is 877. The normalized spacial score (nSPS) is 24.7. The maximum absolute atomic E-state index is 12.5. The van der Waals surface area contributed by atoms with Crippen LogP contribution < -0.4 is 11.5 Å². The molecule has 2 heterocycles. The van der Waals surface area contributed by atoms with Crippen LogP contribution in [-0.4, -0.2) is 54.0 Å². The van der Waals surface area contributed by atoms with Gasteiger partial charge in [-0.25, -0.2) is 4.99 Å². The van der Waals surface area contributed by atoms with Crippen LogP contribution in [-0.2, 0) is 23.8 Å². The van der Waals surface area contributed by atoms with Crippen molar-refractivity contribution in [2.45, 2.75) is 83.1 Å². The highest BCUT2D eigenvalue weighted by molar-refractivity contribution is 5.99. The number of H-pyrrole nitrogens is 1. The van der Waals surface area contributed by atoms with E-state index in [-0.39, 0.29) is 24.3 Å². The second-order valence-corrected chi connectivity index (χ2v) is 9.52. The maximum atomic E-state index is 12.5. The molecule has 1 aliphatic carbocycles. The largest absolute Gasteiger partial charge is 0.463 e. The van der Waals surface area contributed by atoms with Crippen LogP contribution in [0.3, 0.4) is 0 Å². The van der Waals surface area contributed by atoms with Gasteiger partial charge >= 0.3 is 11.9 Å². The SMILES string of the molecule is CC(C)C(N)C(=O)O[C@@H]1CC(COC(=O)CC2CCCCC2)OC1c1ccc(C(N)=NC=N)[nH]1. The smallest absolute Gasteiger partial charge is 0.323 e. The van der Waals surface area contributed by atoms with Crippen molar-refractivity contribution in [1.29, 1.82) is 5.41 Å².